The summed E-state index contributed by atoms with van der Waals surface area (Å²) in [6.07, 6.45) is 2.70. The molecule has 13 heteroatoms. The number of aromatic amines is 1. The van der Waals surface area contributed by atoms with Gasteiger partial charge in [0.1, 0.15) is 17.5 Å². The summed E-state index contributed by atoms with van der Waals surface area (Å²) in [4.78, 5) is 54.5. The van der Waals surface area contributed by atoms with Gasteiger partial charge >= 0.3 is 0 Å². The second-order valence-electron chi connectivity index (χ2n) is 13.6. The summed E-state index contributed by atoms with van der Waals surface area (Å²) in [5, 5.41) is 2.75. The maximum Gasteiger partial charge on any atom is 0.260 e. The summed E-state index contributed by atoms with van der Waals surface area (Å²) in [5.41, 5.74) is 5.93. The van der Waals surface area contributed by atoms with Crippen molar-refractivity contribution in [1.29, 1.82) is 0 Å². The van der Waals surface area contributed by atoms with Crippen LogP contribution in [0.1, 0.15) is 41.0 Å². The topological polar surface area (TPSA) is 133 Å². The number of hydrogen-bond acceptors (Lipinski definition) is 10. The lowest BCUT2D eigenvalue weighted by Gasteiger charge is -2.34. The smallest absolute Gasteiger partial charge is 0.260 e. The number of amides is 2. The lowest BCUT2D eigenvalue weighted by molar-refractivity contribution is -0.105. The summed E-state index contributed by atoms with van der Waals surface area (Å²) >= 11 is 0. The summed E-state index contributed by atoms with van der Waals surface area (Å²) in [7, 11) is 5.29. The minimum absolute atomic E-state index is 0.256. The van der Waals surface area contributed by atoms with Crippen molar-refractivity contribution in [1.82, 2.24) is 24.7 Å². The molecule has 0 aliphatic carbocycles. The fourth-order valence-corrected chi connectivity index (χ4v) is 6.96. The molecule has 1 aromatic heterocycles. The fraction of sp³-hybridized carbons (Fsp3) is 0.425. The zero-order valence-corrected chi connectivity index (χ0v) is 31.1. The normalized spacial score (nSPS) is 15.2. The van der Waals surface area contributed by atoms with Crippen molar-refractivity contribution in [2.24, 2.45) is 0 Å². The molecule has 2 aliphatic heterocycles. The minimum atomic E-state index is -0.355. The summed E-state index contributed by atoms with van der Waals surface area (Å²) in [6, 6.07) is 15.1. The van der Waals surface area contributed by atoms with Crippen LogP contribution in [0.15, 0.2) is 54.2 Å². The number of anilines is 2. The van der Waals surface area contributed by atoms with Gasteiger partial charge < -0.3 is 39.2 Å². The molecular weight excluding hydrogens is 674 g/mol. The number of nitrogens with zero attached hydrogens (tertiary/aromatic N) is 5. The average Bonchev–Trinajstić information content (AvgIpc) is 3.59. The first-order valence-electron chi connectivity index (χ1n) is 18.2. The number of unbranched alkanes of at least 4 members (excludes halogenated alkanes) is 1. The Morgan fingerprint density at radius 2 is 1.85 bits per heavy atom. The molecule has 280 valence electrons. The number of benzene rings is 3. The van der Waals surface area contributed by atoms with Crippen molar-refractivity contribution < 1.29 is 28.6 Å². The van der Waals surface area contributed by atoms with Crippen molar-refractivity contribution in [2.45, 2.75) is 32.7 Å². The first kappa shape index (κ1) is 37.6. The van der Waals surface area contributed by atoms with Gasteiger partial charge in [-0.2, -0.15) is 0 Å². The number of morpholine rings is 1. The van der Waals surface area contributed by atoms with E-state index < -0.39 is 0 Å². The molecule has 3 heterocycles. The number of carbonyl (C=O) groups excluding carboxylic acids is 3. The number of methoxy groups -OCH3 is 1. The van der Waals surface area contributed by atoms with Gasteiger partial charge in [-0.05, 0) is 69.1 Å². The molecule has 13 nitrogen and oxygen atoms in total. The Balaban J connectivity index is 1.20. The number of H-pyrrole nitrogens is 1. The van der Waals surface area contributed by atoms with E-state index in [0.29, 0.717) is 61.9 Å². The van der Waals surface area contributed by atoms with Gasteiger partial charge in [-0.15, -0.1) is 0 Å². The van der Waals surface area contributed by atoms with Crippen LogP contribution < -0.4 is 19.7 Å². The molecular formula is C40H49N7O6. The standard InChI is InChI=1S/C40H49N7O6/c1-28-11-14-34(35(24-28)53-21-6-5-8-29(26-48)47-17-15-44(2)16-18-47)45(3)40(50)32-13-12-31(39(51-4)38(32)41-27-49)30-9-7-10-33-37(30)43-36(42-33)25-46-19-22-52-23-20-46/h7,9-14,24,27H,5-6,8,15-23,25H2,1-4H3,(H,41,49)(H,42,43). The number of hydrogen-bond donors (Lipinski definition) is 2. The Labute approximate surface area is 310 Å². The quantitative estimate of drug-likeness (QED) is 0.101. The van der Waals surface area contributed by atoms with Crippen LogP contribution in [0.25, 0.3) is 22.2 Å². The molecule has 2 saturated heterocycles. The Kier molecular flexibility index (Phi) is 12.4. The van der Waals surface area contributed by atoms with E-state index in [9.17, 15) is 14.4 Å². The zero-order valence-electron chi connectivity index (χ0n) is 31.1. The Hall–Kier alpha value is -5.20. The van der Waals surface area contributed by atoms with Crippen LogP contribution in [0, 0.1) is 6.92 Å². The van der Waals surface area contributed by atoms with E-state index in [2.05, 4.69) is 38.0 Å². The van der Waals surface area contributed by atoms with Gasteiger partial charge in [0, 0.05) is 57.4 Å². The van der Waals surface area contributed by atoms with Crippen molar-refractivity contribution in [3.05, 3.63) is 71.2 Å². The van der Waals surface area contributed by atoms with Crippen molar-refractivity contribution in [2.75, 3.05) is 90.5 Å². The summed E-state index contributed by atoms with van der Waals surface area (Å²) < 4.78 is 17.7. The third-order valence-electron chi connectivity index (χ3n) is 9.97. The first-order chi connectivity index (χ1) is 25.8. The molecule has 53 heavy (non-hydrogen) atoms. The highest BCUT2D eigenvalue weighted by molar-refractivity contribution is 6.13. The van der Waals surface area contributed by atoms with Crippen molar-refractivity contribution in [3.8, 4) is 22.6 Å². The van der Waals surface area contributed by atoms with E-state index in [-0.39, 0.29) is 17.2 Å². The summed E-state index contributed by atoms with van der Waals surface area (Å²) in [6.45, 7) is 9.68. The molecule has 2 aliphatic rings. The molecule has 0 spiro atoms. The third kappa shape index (κ3) is 8.72. The number of piperazine rings is 1. The molecule has 2 amide bonds. The van der Waals surface area contributed by atoms with Gasteiger partial charge in [-0.3, -0.25) is 14.5 Å². The Bertz CT molecular complexity index is 1960. The fourth-order valence-electron chi connectivity index (χ4n) is 6.96. The molecule has 0 saturated carbocycles. The van der Waals surface area contributed by atoms with E-state index >= 15 is 0 Å². The number of likely N-dealkylation sites (N-methyl/N-ethyl adjacent to an activating group) is 1. The van der Waals surface area contributed by atoms with Gasteiger partial charge in [-0.25, -0.2) is 9.78 Å². The zero-order chi connectivity index (χ0) is 37.3. The molecule has 0 radical (unpaired) electrons. The number of rotatable bonds is 15. The van der Waals surface area contributed by atoms with Crippen LogP contribution in [-0.2, 0) is 20.9 Å². The van der Waals surface area contributed by atoms with Crippen molar-refractivity contribution >= 4 is 40.7 Å². The van der Waals surface area contributed by atoms with E-state index in [4.69, 9.17) is 19.2 Å². The third-order valence-corrected chi connectivity index (χ3v) is 9.97. The number of fused-ring (bicyclic) bond motifs is 1. The highest BCUT2D eigenvalue weighted by Gasteiger charge is 2.26. The molecule has 0 atom stereocenters. The molecule has 4 aromatic rings. The monoisotopic (exact) mass is 723 g/mol. The van der Waals surface area contributed by atoms with Crippen LogP contribution >= 0.6 is 0 Å². The van der Waals surface area contributed by atoms with Gasteiger partial charge in [0.05, 0.1) is 67.1 Å². The first-order valence-corrected chi connectivity index (χ1v) is 18.2. The Morgan fingerprint density at radius 1 is 1.06 bits per heavy atom. The van der Waals surface area contributed by atoms with Crippen LogP contribution in [0.5, 0.6) is 11.5 Å². The van der Waals surface area contributed by atoms with Crippen LogP contribution in [-0.4, -0.2) is 123 Å². The summed E-state index contributed by atoms with van der Waals surface area (Å²) in [5.74, 6) is 3.56. The number of aryl methyl sites for hydroxylation is 1. The molecule has 0 unspecified atom stereocenters. The number of aromatic nitrogens is 2. The minimum Gasteiger partial charge on any atom is -0.494 e. The highest BCUT2D eigenvalue weighted by Crippen LogP contribution is 2.42. The largest absolute Gasteiger partial charge is 0.494 e. The number of ether oxygens (including phenoxy) is 3. The van der Waals surface area contributed by atoms with Crippen LogP contribution in [0.2, 0.25) is 0 Å². The SMILES string of the molecule is COc1c(-c2cccc3[nH]c(CN4CCOCC4)nc23)ccc(C(=O)N(C)c2ccc(C)cc2OCCCCC(=C=O)N2CCN(C)CC2)c1NC=O. The molecule has 0 bridgehead atoms. The van der Waals surface area contributed by atoms with E-state index in [1.165, 1.54) is 12.0 Å². The number of imidazole rings is 1. The number of nitrogens with one attached hydrogen (secondary N) is 2. The Morgan fingerprint density at radius 3 is 2.58 bits per heavy atom. The van der Waals surface area contributed by atoms with Crippen LogP contribution in [0.3, 0.4) is 0 Å². The number of para-hydroxylation sites is 1. The predicted molar refractivity (Wildman–Crippen MR) is 205 cm³/mol. The predicted octanol–water partition coefficient (Wildman–Crippen LogP) is 4.74. The molecule has 6 rings (SSSR count). The van der Waals surface area contributed by atoms with E-state index in [1.807, 2.05) is 49.4 Å². The van der Waals surface area contributed by atoms with E-state index in [0.717, 1.165) is 85.8 Å². The second-order valence-corrected chi connectivity index (χ2v) is 13.6. The van der Waals surface area contributed by atoms with Gasteiger partial charge in [0.2, 0.25) is 6.41 Å². The maximum atomic E-state index is 14.2. The number of allylic oxidation sites excluding steroid dienone is 1. The highest BCUT2D eigenvalue weighted by atomic mass is 16.5. The van der Waals surface area contributed by atoms with Crippen molar-refractivity contribution in [3.63, 3.8) is 0 Å². The molecule has 2 fully saturated rings. The molecule has 2 N–H and O–H groups in total. The average molecular weight is 724 g/mol. The van der Waals surface area contributed by atoms with E-state index in [1.54, 1.807) is 13.1 Å². The lowest BCUT2D eigenvalue weighted by Crippen LogP contribution is -2.44. The second kappa shape index (κ2) is 17.5. The van der Waals surface area contributed by atoms with Gasteiger partial charge in [0.25, 0.3) is 5.91 Å². The van der Waals surface area contributed by atoms with Gasteiger partial charge in [0.15, 0.2) is 5.75 Å². The number of carbonyl (C=O) groups is 2. The maximum absolute atomic E-state index is 14.2. The molecule has 3 aromatic carbocycles. The van der Waals surface area contributed by atoms with Crippen LogP contribution in [0.4, 0.5) is 11.4 Å². The van der Waals surface area contributed by atoms with Gasteiger partial charge in [-0.1, -0.05) is 18.2 Å². The lowest BCUT2D eigenvalue weighted by atomic mass is 9.98.